The Morgan fingerprint density at radius 3 is 2.93 bits per heavy atom. The molecular weight excluding hydrogens is 181 g/mol. The maximum absolute atomic E-state index is 12.7. The lowest BCUT2D eigenvalue weighted by atomic mass is 10.0. The number of rotatable bonds is 4. The zero-order valence-electron chi connectivity index (χ0n) is 8.00. The van der Waals surface area contributed by atoms with Crippen LogP contribution < -0.4 is 10.1 Å². The molecule has 2 nitrogen and oxygen atoms in total. The van der Waals surface area contributed by atoms with Crippen LogP contribution in [0.4, 0.5) is 4.39 Å². The van der Waals surface area contributed by atoms with Gasteiger partial charge in [-0.15, -0.1) is 0 Å². The summed E-state index contributed by atoms with van der Waals surface area (Å²) in [5.74, 6) is 1.12. The maximum Gasteiger partial charge on any atom is 0.126 e. The van der Waals surface area contributed by atoms with Gasteiger partial charge in [-0.25, -0.2) is 4.39 Å². The summed E-state index contributed by atoms with van der Waals surface area (Å²) in [6, 6.07) is 6.28. The largest absolute Gasteiger partial charge is 0.493 e. The molecule has 0 unspecified atom stereocenters. The number of benzene rings is 1. The van der Waals surface area contributed by atoms with Gasteiger partial charge in [0.15, 0.2) is 0 Å². The smallest absolute Gasteiger partial charge is 0.126 e. The molecule has 1 aromatic carbocycles. The van der Waals surface area contributed by atoms with E-state index in [0.717, 1.165) is 25.4 Å². The Balaban J connectivity index is 1.74. The number of hydrogen-bond acceptors (Lipinski definition) is 2. The molecule has 1 aromatic rings. The minimum absolute atomic E-state index is 0.243. The van der Waals surface area contributed by atoms with Crippen LogP contribution in [-0.4, -0.2) is 19.7 Å². The highest BCUT2D eigenvalue weighted by atomic mass is 19.1. The molecule has 0 aliphatic carbocycles. The average Bonchev–Trinajstić information content (AvgIpc) is 2.09. The van der Waals surface area contributed by atoms with Crippen LogP contribution >= 0.6 is 0 Å². The number of ether oxygens (including phenoxy) is 1. The first kappa shape index (κ1) is 9.46. The fourth-order valence-corrected chi connectivity index (χ4v) is 1.45. The van der Waals surface area contributed by atoms with E-state index in [1.807, 2.05) is 0 Å². The fourth-order valence-electron chi connectivity index (χ4n) is 1.45. The minimum Gasteiger partial charge on any atom is -0.493 e. The Labute approximate surface area is 83.1 Å². The first-order valence-electron chi connectivity index (χ1n) is 4.94. The predicted molar refractivity (Wildman–Crippen MR) is 52.9 cm³/mol. The third-order valence-corrected chi connectivity index (χ3v) is 2.46. The van der Waals surface area contributed by atoms with E-state index in [9.17, 15) is 4.39 Å². The molecule has 1 fully saturated rings. The Kier molecular flexibility index (Phi) is 2.99. The molecule has 1 aliphatic rings. The van der Waals surface area contributed by atoms with Crippen LogP contribution in [0, 0.1) is 11.7 Å². The van der Waals surface area contributed by atoms with Crippen molar-refractivity contribution in [2.45, 2.75) is 6.42 Å². The van der Waals surface area contributed by atoms with Crippen molar-refractivity contribution in [1.82, 2.24) is 5.32 Å². The van der Waals surface area contributed by atoms with Gasteiger partial charge in [0, 0.05) is 6.07 Å². The Morgan fingerprint density at radius 1 is 1.43 bits per heavy atom. The molecule has 2 rings (SSSR count). The number of hydrogen-bond donors (Lipinski definition) is 1. The van der Waals surface area contributed by atoms with Crippen molar-refractivity contribution in [2.75, 3.05) is 19.7 Å². The van der Waals surface area contributed by atoms with Gasteiger partial charge in [-0.05, 0) is 37.6 Å². The fraction of sp³-hybridized carbons (Fsp3) is 0.455. The van der Waals surface area contributed by atoms with Crippen LogP contribution in [0.1, 0.15) is 6.42 Å². The molecule has 76 valence electrons. The molecule has 0 bridgehead atoms. The molecule has 3 heteroatoms. The lowest BCUT2D eigenvalue weighted by Gasteiger charge is -2.26. The van der Waals surface area contributed by atoms with Crippen LogP contribution in [0.5, 0.6) is 5.75 Å². The van der Waals surface area contributed by atoms with Crippen molar-refractivity contribution in [2.24, 2.45) is 5.92 Å². The number of halogens is 1. The summed E-state index contributed by atoms with van der Waals surface area (Å²) < 4.78 is 18.2. The highest BCUT2D eigenvalue weighted by Gasteiger charge is 2.15. The zero-order valence-corrected chi connectivity index (χ0v) is 8.00. The molecule has 0 amide bonds. The van der Waals surface area contributed by atoms with E-state index in [-0.39, 0.29) is 5.82 Å². The van der Waals surface area contributed by atoms with Gasteiger partial charge in [0.2, 0.25) is 0 Å². The van der Waals surface area contributed by atoms with Gasteiger partial charge in [0.1, 0.15) is 11.6 Å². The van der Waals surface area contributed by atoms with E-state index in [0.29, 0.717) is 12.4 Å². The molecule has 0 radical (unpaired) electrons. The maximum atomic E-state index is 12.7. The molecule has 0 atom stereocenters. The number of nitrogens with one attached hydrogen (secondary N) is 1. The van der Waals surface area contributed by atoms with Crippen molar-refractivity contribution in [1.29, 1.82) is 0 Å². The summed E-state index contributed by atoms with van der Waals surface area (Å²) in [5, 5.41) is 3.20. The third kappa shape index (κ3) is 2.45. The first-order chi connectivity index (χ1) is 6.84. The van der Waals surface area contributed by atoms with Gasteiger partial charge in [0.05, 0.1) is 6.61 Å². The molecule has 0 aromatic heterocycles. The lowest BCUT2D eigenvalue weighted by Crippen LogP contribution is -2.42. The zero-order chi connectivity index (χ0) is 9.80. The Morgan fingerprint density at radius 2 is 2.29 bits per heavy atom. The van der Waals surface area contributed by atoms with Crippen molar-refractivity contribution in [3.05, 3.63) is 30.1 Å². The van der Waals surface area contributed by atoms with Gasteiger partial charge >= 0.3 is 0 Å². The highest BCUT2D eigenvalue weighted by molar-refractivity contribution is 5.22. The summed E-state index contributed by atoms with van der Waals surface area (Å²) >= 11 is 0. The second-order valence-electron chi connectivity index (χ2n) is 3.62. The van der Waals surface area contributed by atoms with E-state index in [4.69, 9.17) is 4.74 Å². The van der Waals surface area contributed by atoms with E-state index in [2.05, 4.69) is 5.32 Å². The predicted octanol–water partition coefficient (Wildman–Crippen LogP) is 1.81. The molecular formula is C11H14FNO. The van der Waals surface area contributed by atoms with Gasteiger partial charge in [0.25, 0.3) is 0 Å². The Bertz CT molecular complexity index is 299. The topological polar surface area (TPSA) is 21.3 Å². The highest BCUT2D eigenvalue weighted by Crippen LogP contribution is 2.14. The van der Waals surface area contributed by atoms with E-state index < -0.39 is 0 Å². The molecule has 14 heavy (non-hydrogen) atoms. The van der Waals surface area contributed by atoms with Crippen LogP contribution in [0.25, 0.3) is 0 Å². The average molecular weight is 195 g/mol. The second kappa shape index (κ2) is 4.42. The SMILES string of the molecule is Fc1cccc(OCCC2CNC2)c1. The van der Waals surface area contributed by atoms with Crippen molar-refractivity contribution >= 4 is 0 Å². The molecule has 1 heterocycles. The van der Waals surface area contributed by atoms with Crippen LogP contribution in [0.3, 0.4) is 0 Å². The normalized spacial score (nSPS) is 16.4. The van der Waals surface area contributed by atoms with Gasteiger partial charge < -0.3 is 10.1 Å². The van der Waals surface area contributed by atoms with E-state index >= 15 is 0 Å². The molecule has 0 spiro atoms. The van der Waals surface area contributed by atoms with Crippen LogP contribution in [0.15, 0.2) is 24.3 Å². The minimum atomic E-state index is -0.243. The molecule has 1 saturated heterocycles. The van der Waals surface area contributed by atoms with Gasteiger partial charge in [-0.1, -0.05) is 6.07 Å². The molecule has 0 saturated carbocycles. The van der Waals surface area contributed by atoms with Gasteiger partial charge in [-0.3, -0.25) is 0 Å². The van der Waals surface area contributed by atoms with Gasteiger partial charge in [-0.2, -0.15) is 0 Å². The summed E-state index contributed by atoms with van der Waals surface area (Å²) in [6.45, 7) is 2.86. The second-order valence-corrected chi connectivity index (χ2v) is 3.62. The van der Waals surface area contributed by atoms with Crippen molar-refractivity contribution in [3.8, 4) is 5.75 Å². The quantitative estimate of drug-likeness (QED) is 0.791. The standard InChI is InChI=1S/C11H14FNO/c12-10-2-1-3-11(6-10)14-5-4-9-7-13-8-9/h1-3,6,9,13H,4-5,7-8H2. The van der Waals surface area contributed by atoms with Crippen molar-refractivity contribution < 1.29 is 9.13 Å². The van der Waals surface area contributed by atoms with E-state index in [1.54, 1.807) is 12.1 Å². The van der Waals surface area contributed by atoms with Crippen LogP contribution in [0.2, 0.25) is 0 Å². The third-order valence-electron chi connectivity index (χ3n) is 2.46. The first-order valence-corrected chi connectivity index (χ1v) is 4.94. The van der Waals surface area contributed by atoms with E-state index in [1.165, 1.54) is 12.1 Å². The summed E-state index contributed by atoms with van der Waals surface area (Å²) in [4.78, 5) is 0. The summed E-state index contributed by atoms with van der Waals surface area (Å²) in [6.07, 6.45) is 1.05. The summed E-state index contributed by atoms with van der Waals surface area (Å²) in [5.41, 5.74) is 0. The lowest BCUT2D eigenvalue weighted by molar-refractivity contribution is 0.238. The molecule has 1 N–H and O–H groups in total. The monoisotopic (exact) mass is 195 g/mol. The Hall–Kier alpha value is -1.09. The molecule has 1 aliphatic heterocycles. The summed E-state index contributed by atoms with van der Waals surface area (Å²) in [7, 11) is 0. The van der Waals surface area contributed by atoms with Crippen LogP contribution in [-0.2, 0) is 0 Å². The van der Waals surface area contributed by atoms with Crippen molar-refractivity contribution in [3.63, 3.8) is 0 Å².